The SMILES string of the molecule is COc1cc(C(=O)N(C)C(Cc2ccccc2)C(=O)O)ccc1C. The van der Waals surface area contributed by atoms with E-state index < -0.39 is 12.0 Å². The van der Waals surface area contributed by atoms with Crippen LogP contribution in [0.15, 0.2) is 48.5 Å². The van der Waals surface area contributed by atoms with Crippen LogP contribution in [0.2, 0.25) is 0 Å². The van der Waals surface area contributed by atoms with Gasteiger partial charge in [-0.15, -0.1) is 0 Å². The van der Waals surface area contributed by atoms with E-state index in [-0.39, 0.29) is 12.3 Å². The van der Waals surface area contributed by atoms with Crippen LogP contribution in [0.1, 0.15) is 21.5 Å². The van der Waals surface area contributed by atoms with Crippen molar-refractivity contribution in [2.75, 3.05) is 14.2 Å². The maximum atomic E-state index is 12.7. The minimum Gasteiger partial charge on any atom is -0.496 e. The van der Waals surface area contributed by atoms with Gasteiger partial charge in [0.2, 0.25) is 0 Å². The van der Waals surface area contributed by atoms with Gasteiger partial charge in [0.15, 0.2) is 0 Å². The summed E-state index contributed by atoms with van der Waals surface area (Å²) in [4.78, 5) is 25.6. The number of rotatable bonds is 6. The smallest absolute Gasteiger partial charge is 0.326 e. The lowest BCUT2D eigenvalue weighted by atomic mass is 10.0. The van der Waals surface area contributed by atoms with Gasteiger partial charge in [0.05, 0.1) is 7.11 Å². The van der Waals surface area contributed by atoms with Crippen LogP contribution in [-0.4, -0.2) is 42.1 Å². The van der Waals surface area contributed by atoms with Gasteiger partial charge in [-0.1, -0.05) is 36.4 Å². The Balaban J connectivity index is 2.24. The highest BCUT2D eigenvalue weighted by Crippen LogP contribution is 2.21. The first-order chi connectivity index (χ1) is 11.4. The molecule has 0 bridgehead atoms. The zero-order valence-electron chi connectivity index (χ0n) is 14.0. The predicted octanol–water partition coefficient (Wildman–Crippen LogP) is 2.77. The van der Waals surface area contributed by atoms with Crippen LogP contribution < -0.4 is 4.74 Å². The fraction of sp³-hybridized carbons (Fsp3) is 0.263. The average Bonchev–Trinajstić information content (AvgIpc) is 2.59. The number of nitrogens with zero attached hydrogens (tertiary/aromatic N) is 1. The maximum Gasteiger partial charge on any atom is 0.326 e. The van der Waals surface area contributed by atoms with E-state index in [0.29, 0.717) is 11.3 Å². The molecule has 0 aromatic heterocycles. The maximum absolute atomic E-state index is 12.7. The van der Waals surface area contributed by atoms with E-state index in [1.807, 2.05) is 37.3 Å². The van der Waals surface area contributed by atoms with Crippen LogP contribution in [0.25, 0.3) is 0 Å². The minimum absolute atomic E-state index is 0.251. The molecule has 0 radical (unpaired) electrons. The van der Waals surface area contributed by atoms with E-state index in [2.05, 4.69) is 0 Å². The number of aliphatic carboxylic acids is 1. The molecule has 5 nitrogen and oxygen atoms in total. The van der Waals surface area contributed by atoms with Crippen molar-refractivity contribution >= 4 is 11.9 Å². The molecule has 1 amide bonds. The lowest BCUT2D eigenvalue weighted by Gasteiger charge is -2.25. The molecule has 0 saturated heterocycles. The average molecular weight is 327 g/mol. The Labute approximate surface area is 141 Å². The van der Waals surface area contributed by atoms with Crippen molar-refractivity contribution in [3.8, 4) is 5.75 Å². The number of ether oxygens (including phenoxy) is 1. The Bertz CT molecular complexity index is 727. The zero-order valence-corrected chi connectivity index (χ0v) is 14.0. The minimum atomic E-state index is -1.03. The molecular weight excluding hydrogens is 306 g/mol. The van der Waals surface area contributed by atoms with E-state index in [4.69, 9.17) is 4.74 Å². The van der Waals surface area contributed by atoms with Crippen molar-refractivity contribution in [1.82, 2.24) is 4.90 Å². The van der Waals surface area contributed by atoms with Crippen molar-refractivity contribution in [2.24, 2.45) is 0 Å². The summed E-state index contributed by atoms with van der Waals surface area (Å²) in [5.74, 6) is -0.783. The molecule has 0 saturated carbocycles. The van der Waals surface area contributed by atoms with Crippen molar-refractivity contribution in [2.45, 2.75) is 19.4 Å². The quantitative estimate of drug-likeness (QED) is 0.886. The summed E-state index contributed by atoms with van der Waals surface area (Å²) in [5, 5.41) is 9.53. The first-order valence-electron chi connectivity index (χ1n) is 7.62. The number of hydrogen-bond donors (Lipinski definition) is 1. The number of carbonyl (C=O) groups excluding carboxylic acids is 1. The Morgan fingerprint density at radius 1 is 1.17 bits per heavy atom. The second kappa shape index (κ2) is 7.64. The second-order valence-electron chi connectivity index (χ2n) is 5.64. The van der Waals surface area contributed by atoms with E-state index in [0.717, 1.165) is 11.1 Å². The Morgan fingerprint density at radius 2 is 1.83 bits per heavy atom. The summed E-state index contributed by atoms with van der Waals surface area (Å²) in [7, 11) is 3.05. The molecule has 0 spiro atoms. The monoisotopic (exact) mass is 327 g/mol. The number of methoxy groups -OCH3 is 1. The molecule has 2 aromatic rings. The Hall–Kier alpha value is -2.82. The third-order valence-electron chi connectivity index (χ3n) is 4.00. The normalized spacial score (nSPS) is 11.6. The van der Waals surface area contributed by atoms with Gasteiger partial charge in [0, 0.05) is 19.0 Å². The molecule has 1 atom stereocenters. The highest BCUT2D eigenvalue weighted by Gasteiger charge is 2.27. The number of benzene rings is 2. The number of amides is 1. The van der Waals surface area contributed by atoms with Gasteiger partial charge >= 0.3 is 5.97 Å². The fourth-order valence-corrected chi connectivity index (χ4v) is 2.53. The van der Waals surface area contributed by atoms with Gasteiger partial charge in [0.25, 0.3) is 5.91 Å². The number of aryl methyl sites for hydroxylation is 1. The van der Waals surface area contributed by atoms with Gasteiger partial charge in [-0.2, -0.15) is 0 Å². The predicted molar refractivity (Wildman–Crippen MR) is 91.4 cm³/mol. The number of carboxylic acids is 1. The molecule has 126 valence electrons. The van der Waals surface area contributed by atoms with Gasteiger partial charge in [-0.25, -0.2) is 4.79 Å². The number of carbonyl (C=O) groups is 2. The van der Waals surface area contributed by atoms with Crippen LogP contribution in [0, 0.1) is 6.92 Å². The van der Waals surface area contributed by atoms with Crippen LogP contribution in [-0.2, 0) is 11.2 Å². The third-order valence-corrected chi connectivity index (χ3v) is 4.00. The van der Waals surface area contributed by atoms with Crippen LogP contribution in [0.3, 0.4) is 0 Å². The first kappa shape index (κ1) is 17.5. The molecule has 5 heteroatoms. The van der Waals surface area contributed by atoms with Crippen LogP contribution in [0.4, 0.5) is 0 Å². The summed E-state index contributed by atoms with van der Waals surface area (Å²) < 4.78 is 5.23. The Kier molecular flexibility index (Phi) is 5.58. The molecule has 0 aliphatic rings. The molecule has 0 heterocycles. The largest absolute Gasteiger partial charge is 0.496 e. The Morgan fingerprint density at radius 3 is 2.42 bits per heavy atom. The number of carboxylic acid groups (broad SMARTS) is 1. The molecule has 2 aromatic carbocycles. The summed E-state index contributed by atoms with van der Waals surface area (Å²) in [6.07, 6.45) is 0.251. The second-order valence-corrected chi connectivity index (χ2v) is 5.64. The van der Waals surface area contributed by atoms with Gasteiger partial charge in [0.1, 0.15) is 11.8 Å². The number of hydrogen-bond acceptors (Lipinski definition) is 3. The molecule has 1 N–H and O–H groups in total. The molecular formula is C19H21NO4. The van der Waals surface area contributed by atoms with Gasteiger partial charge in [-0.05, 0) is 30.2 Å². The highest BCUT2D eigenvalue weighted by atomic mass is 16.5. The zero-order chi connectivity index (χ0) is 17.7. The number of likely N-dealkylation sites (N-methyl/N-ethyl adjacent to an activating group) is 1. The highest BCUT2D eigenvalue weighted by molar-refractivity contribution is 5.97. The first-order valence-corrected chi connectivity index (χ1v) is 7.62. The molecule has 2 rings (SSSR count). The van der Waals surface area contributed by atoms with E-state index in [1.54, 1.807) is 18.2 Å². The summed E-state index contributed by atoms with van der Waals surface area (Å²) in [6, 6.07) is 13.4. The van der Waals surface area contributed by atoms with Crippen molar-refractivity contribution < 1.29 is 19.4 Å². The molecule has 0 aliphatic heterocycles. The third kappa shape index (κ3) is 3.93. The van der Waals surface area contributed by atoms with Crippen molar-refractivity contribution in [3.05, 3.63) is 65.2 Å². The molecule has 24 heavy (non-hydrogen) atoms. The van der Waals surface area contributed by atoms with Crippen LogP contribution in [0.5, 0.6) is 5.75 Å². The fourth-order valence-electron chi connectivity index (χ4n) is 2.53. The summed E-state index contributed by atoms with van der Waals surface area (Å²) in [5.41, 5.74) is 2.18. The van der Waals surface area contributed by atoms with E-state index >= 15 is 0 Å². The lowest BCUT2D eigenvalue weighted by molar-refractivity contribution is -0.141. The van der Waals surface area contributed by atoms with Crippen LogP contribution >= 0.6 is 0 Å². The standard InChI is InChI=1S/C19H21NO4/c1-13-9-10-15(12-17(13)24-3)18(21)20(2)16(19(22)23)11-14-7-5-4-6-8-14/h4-10,12,16H,11H2,1-3H3,(H,22,23). The molecule has 1 unspecified atom stereocenters. The van der Waals surface area contributed by atoms with E-state index in [1.165, 1.54) is 19.1 Å². The van der Waals surface area contributed by atoms with Crippen molar-refractivity contribution in [1.29, 1.82) is 0 Å². The van der Waals surface area contributed by atoms with Gasteiger partial charge < -0.3 is 14.7 Å². The van der Waals surface area contributed by atoms with Gasteiger partial charge in [-0.3, -0.25) is 4.79 Å². The van der Waals surface area contributed by atoms with Crippen molar-refractivity contribution in [3.63, 3.8) is 0 Å². The van der Waals surface area contributed by atoms with E-state index in [9.17, 15) is 14.7 Å². The molecule has 0 aliphatic carbocycles. The molecule has 0 fully saturated rings. The summed E-state index contributed by atoms with van der Waals surface area (Å²) in [6.45, 7) is 1.88. The summed E-state index contributed by atoms with van der Waals surface area (Å²) >= 11 is 0. The topological polar surface area (TPSA) is 66.8 Å². The lowest BCUT2D eigenvalue weighted by Crippen LogP contribution is -2.43.